The lowest BCUT2D eigenvalue weighted by atomic mass is 9.98. The Hall–Kier alpha value is -1.64. The van der Waals surface area contributed by atoms with E-state index in [9.17, 15) is 13.2 Å². The van der Waals surface area contributed by atoms with Gasteiger partial charge in [0, 0.05) is 32.6 Å². The van der Waals surface area contributed by atoms with E-state index in [0.29, 0.717) is 50.8 Å². The van der Waals surface area contributed by atoms with Crippen LogP contribution >= 0.6 is 0 Å². The molecule has 0 bridgehead atoms. The summed E-state index contributed by atoms with van der Waals surface area (Å²) in [6, 6.07) is 5.05. The summed E-state index contributed by atoms with van der Waals surface area (Å²) in [5.41, 5.74) is 0.934. The van der Waals surface area contributed by atoms with E-state index in [1.807, 2.05) is 0 Å². The van der Waals surface area contributed by atoms with Crippen molar-refractivity contribution in [3.63, 3.8) is 0 Å². The molecule has 8 heteroatoms. The summed E-state index contributed by atoms with van der Waals surface area (Å²) in [4.78, 5) is 14.8. The molecule has 3 aliphatic heterocycles. The smallest absolute Gasteiger partial charge is 0.243 e. The summed E-state index contributed by atoms with van der Waals surface area (Å²) in [7, 11) is -3.60. The normalized spacial score (nSPS) is 24.2. The second-order valence-electron chi connectivity index (χ2n) is 7.01. The van der Waals surface area contributed by atoms with Gasteiger partial charge < -0.3 is 14.4 Å². The number of ether oxygens (including phenoxy) is 2. The third kappa shape index (κ3) is 3.33. The number of amides is 1. The van der Waals surface area contributed by atoms with E-state index in [0.717, 1.165) is 24.2 Å². The molecule has 4 rings (SSSR count). The Balaban J connectivity index is 1.50. The van der Waals surface area contributed by atoms with Crippen molar-refractivity contribution in [1.82, 2.24) is 9.21 Å². The first-order valence-electron chi connectivity index (χ1n) is 9.18. The molecule has 142 valence electrons. The first-order chi connectivity index (χ1) is 12.6. The number of carbonyl (C=O) groups is 1. The SMILES string of the molecule is O=C(C1CCCN(S(=O)(=O)c2ccc3c(c2)CCO3)C1)N1CCOCC1. The van der Waals surface area contributed by atoms with Gasteiger partial charge in [0.1, 0.15) is 5.75 Å². The molecule has 7 nitrogen and oxygen atoms in total. The molecule has 1 amide bonds. The van der Waals surface area contributed by atoms with Crippen LogP contribution in [0.15, 0.2) is 23.1 Å². The largest absolute Gasteiger partial charge is 0.493 e. The van der Waals surface area contributed by atoms with Crippen LogP contribution in [0.25, 0.3) is 0 Å². The molecule has 3 aliphatic rings. The molecule has 3 heterocycles. The zero-order chi connectivity index (χ0) is 18.1. The van der Waals surface area contributed by atoms with Crippen LogP contribution in [0.3, 0.4) is 0 Å². The Morgan fingerprint density at radius 2 is 1.92 bits per heavy atom. The van der Waals surface area contributed by atoms with E-state index in [1.165, 1.54) is 4.31 Å². The third-order valence-corrected chi connectivity index (χ3v) is 7.22. The van der Waals surface area contributed by atoms with Crippen molar-refractivity contribution in [2.45, 2.75) is 24.2 Å². The first kappa shape index (κ1) is 17.8. The Kier molecular flexibility index (Phi) is 4.90. The van der Waals surface area contributed by atoms with Gasteiger partial charge in [0.2, 0.25) is 15.9 Å². The van der Waals surface area contributed by atoms with E-state index in [-0.39, 0.29) is 18.4 Å². The molecule has 0 spiro atoms. The van der Waals surface area contributed by atoms with Crippen LogP contribution in [0.1, 0.15) is 18.4 Å². The van der Waals surface area contributed by atoms with Crippen molar-refractivity contribution in [1.29, 1.82) is 0 Å². The van der Waals surface area contributed by atoms with Crippen LogP contribution in [-0.4, -0.2) is 69.5 Å². The summed E-state index contributed by atoms with van der Waals surface area (Å²) in [5, 5.41) is 0. The fraction of sp³-hybridized carbons (Fsp3) is 0.611. The van der Waals surface area contributed by atoms with Gasteiger partial charge in [0.15, 0.2) is 0 Å². The van der Waals surface area contributed by atoms with Crippen LogP contribution < -0.4 is 4.74 Å². The van der Waals surface area contributed by atoms with Crippen molar-refractivity contribution in [2.24, 2.45) is 5.92 Å². The summed E-state index contributed by atoms with van der Waals surface area (Å²) >= 11 is 0. The fourth-order valence-electron chi connectivity index (χ4n) is 3.88. The van der Waals surface area contributed by atoms with E-state index >= 15 is 0 Å². The Bertz CT molecular complexity index is 789. The van der Waals surface area contributed by atoms with E-state index in [4.69, 9.17) is 9.47 Å². The van der Waals surface area contributed by atoms with Crippen LogP contribution in [0.5, 0.6) is 5.75 Å². The minimum atomic E-state index is -3.60. The second-order valence-corrected chi connectivity index (χ2v) is 8.95. The molecule has 0 radical (unpaired) electrons. The van der Waals surface area contributed by atoms with Crippen molar-refractivity contribution < 1.29 is 22.7 Å². The highest BCUT2D eigenvalue weighted by molar-refractivity contribution is 7.89. The van der Waals surface area contributed by atoms with Gasteiger partial charge in [-0.2, -0.15) is 4.31 Å². The number of rotatable bonds is 3. The molecule has 0 saturated carbocycles. The molecule has 26 heavy (non-hydrogen) atoms. The molecule has 1 atom stereocenters. The van der Waals surface area contributed by atoms with Crippen molar-refractivity contribution in [3.05, 3.63) is 23.8 Å². The van der Waals surface area contributed by atoms with Gasteiger partial charge in [-0.3, -0.25) is 4.79 Å². The number of piperidine rings is 1. The average molecular weight is 380 g/mol. The maximum absolute atomic E-state index is 13.1. The number of fused-ring (bicyclic) bond motifs is 1. The highest BCUT2D eigenvalue weighted by Crippen LogP contribution is 2.30. The van der Waals surface area contributed by atoms with Gasteiger partial charge in [-0.25, -0.2) is 8.42 Å². The molecule has 0 aromatic heterocycles. The van der Waals surface area contributed by atoms with Crippen LogP contribution in [0.2, 0.25) is 0 Å². The minimum absolute atomic E-state index is 0.0514. The molecule has 2 saturated heterocycles. The zero-order valence-corrected chi connectivity index (χ0v) is 15.5. The maximum atomic E-state index is 13.1. The number of hydrogen-bond acceptors (Lipinski definition) is 5. The van der Waals surface area contributed by atoms with E-state index in [1.54, 1.807) is 23.1 Å². The lowest BCUT2D eigenvalue weighted by molar-refractivity contribution is -0.140. The summed E-state index contributed by atoms with van der Waals surface area (Å²) in [5.74, 6) is 0.549. The number of hydrogen-bond donors (Lipinski definition) is 0. The molecule has 2 fully saturated rings. The highest BCUT2D eigenvalue weighted by atomic mass is 32.2. The predicted octanol–water partition coefficient (Wildman–Crippen LogP) is 0.881. The van der Waals surface area contributed by atoms with Gasteiger partial charge in [-0.1, -0.05) is 0 Å². The quantitative estimate of drug-likeness (QED) is 0.778. The van der Waals surface area contributed by atoms with Crippen LogP contribution in [-0.2, 0) is 26.0 Å². The topological polar surface area (TPSA) is 76.2 Å². The molecule has 0 aliphatic carbocycles. The number of benzene rings is 1. The van der Waals surface area contributed by atoms with Crippen LogP contribution in [0.4, 0.5) is 0 Å². The van der Waals surface area contributed by atoms with Crippen molar-refractivity contribution in [3.8, 4) is 5.75 Å². The second kappa shape index (κ2) is 7.17. The van der Waals surface area contributed by atoms with Gasteiger partial charge in [-0.05, 0) is 36.6 Å². The molecule has 0 N–H and O–H groups in total. The Labute approximate surface area is 153 Å². The molecule has 1 aromatic carbocycles. The van der Waals surface area contributed by atoms with Gasteiger partial charge in [-0.15, -0.1) is 0 Å². The van der Waals surface area contributed by atoms with Gasteiger partial charge in [0.25, 0.3) is 0 Å². The lowest BCUT2D eigenvalue weighted by Crippen LogP contribution is -2.49. The number of sulfonamides is 1. The lowest BCUT2D eigenvalue weighted by Gasteiger charge is -2.35. The first-order valence-corrected chi connectivity index (χ1v) is 10.6. The van der Waals surface area contributed by atoms with E-state index < -0.39 is 10.0 Å². The average Bonchev–Trinajstić information content (AvgIpc) is 3.16. The van der Waals surface area contributed by atoms with Gasteiger partial charge >= 0.3 is 0 Å². The molecule has 1 unspecified atom stereocenters. The molecular formula is C18H24N2O5S. The molecule has 1 aromatic rings. The standard InChI is InChI=1S/C18H24N2O5S/c21-18(19-7-10-24-11-8-19)15-2-1-6-20(13-15)26(22,23)16-3-4-17-14(12-16)5-9-25-17/h3-4,12,15H,1-2,5-11,13H2. The third-order valence-electron chi connectivity index (χ3n) is 5.35. The number of carbonyl (C=O) groups excluding carboxylic acids is 1. The number of morpholine rings is 1. The monoisotopic (exact) mass is 380 g/mol. The molecular weight excluding hydrogens is 356 g/mol. The Morgan fingerprint density at radius 1 is 1.12 bits per heavy atom. The van der Waals surface area contributed by atoms with Crippen molar-refractivity contribution in [2.75, 3.05) is 46.0 Å². The summed E-state index contributed by atoms with van der Waals surface area (Å²) < 4.78 is 38.4. The Morgan fingerprint density at radius 3 is 2.73 bits per heavy atom. The van der Waals surface area contributed by atoms with Crippen molar-refractivity contribution >= 4 is 15.9 Å². The predicted molar refractivity (Wildman–Crippen MR) is 94.5 cm³/mol. The fourth-order valence-corrected chi connectivity index (χ4v) is 5.45. The zero-order valence-electron chi connectivity index (χ0n) is 14.7. The number of nitrogens with zero attached hydrogens (tertiary/aromatic N) is 2. The van der Waals surface area contributed by atoms with Gasteiger partial charge in [0.05, 0.1) is 30.6 Å². The van der Waals surface area contributed by atoms with Crippen LogP contribution in [0, 0.1) is 5.92 Å². The van der Waals surface area contributed by atoms with E-state index in [2.05, 4.69) is 0 Å². The highest BCUT2D eigenvalue weighted by Gasteiger charge is 2.35. The maximum Gasteiger partial charge on any atom is 0.243 e. The summed E-state index contributed by atoms with van der Waals surface area (Å²) in [6.45, 7) is 3.60. The summed E-state index contributed by atoms with van der Waals surface area (Å²) in [6.07, 6.45) is 2.17. The minimum Gasteiger partial charge on any atom is -0.493 e.